The van der Waals surface area contributed by atoms with Crippen molar-refractivity contribution in [3.8, 4) is 0 Å². The van der Waals surface area contributed by atoms with Crippen molar-refractivity contribution >= 4 is 10.9 Å². The van der Waals surface area contributed by atoms with E-state index in [0.717, 1.165) is 13.1 Å². The summed E-state index contributed by atoms with van der Waals surface area (Å²) in [7, 11) is 0. The molecule has 0 fully saturated rings. The van der Waals surface area contributed by atoms with Crippen LogP contribution in [-0.4, -0.2) is 22.9 Å². The van der Waals surface area contributed by atoms with Crippen LogP contribution in [0, 0.1) is 5.92 Å². The summed E-state index contributed by atoms with van der Waals surface area (Å²) in [4.78, 5) is 0. The maximum absolute atomic E-state index is 4.53. The fraction of sp³-hybridized carbons (Fsp3) is 0.533. The quantitative estimate of drug-likeness (QED) is 0.792. The predicted molar refractivity (Wildman–Crippen MR) is 76.8 cm³/mol. The molecule has 0 spiro atoms. The maximum Gasteiger partial charge on any atom is 0.0685 e. The van der Waals surface area contributed by atoms with Gasteiger partial charge in [-0.15, -0.1) is 0 Å². The van der Waals surface area contributed by atoms with Gasteiger partial charge in [-0.05, 0) is 38.4 Å². The first kappa shape index (κ1) is 13.1. The van der Waals surface area contributed by atoms with Crippen LogP contribution in [0.2, 0.25) is 0 Å². The third-order valence-corrected chi connectivity index (χ3v) is 3.61. The Labute approximate surface area is 109 Å². The van der Waals surface area contributed by atoms with Crippen LogP contribution in [0.3, 0.4) is 0 Å². The molecule has 2 unspecified atom stereocenters. The SMILES string of the molecule is CCCNCC(C)C(C)n1ncc2ccccc21. The van der Waals surface area contributed by atoms with Crippen molar-refractivity contribution in [2.45, 2.75) is 33.2 Å². The largest absolute Gasteiger partial charge is 0.316 e. The van der Waals surface area contributed by atoms with Crippen LogP contribution in [0.25, 0.3) is 10.9 Å². The van der Waals surface area contributed by atoms with Gasteiger partial charge in [0, 0.05) is 5.39 Å². The van der Waals surface area contributed by atoms with Crippen LogP contribution in [0.15, 0.2) is 30.5 Å². The second-order valence-corrected chi connectivity index (χ2v) is 5.07. The van der Waals surface area contributed by atoms with Gasteiger partial charge in [0.05, 0.1) is 17.8 Å². The summed E-state index contributed by atoms with van der Waals surface area (Å²) in [5, 5.41) is 9.24. The number of para-hydroxylation sites is 1. The second kappa shape index (κ2) is 6.01. The smallest absolute Gasteiger partial charge is 0.0685 e. The van der Waals surface area contributed by atoms with E-state index in [9.17, 15) is 0 Å². The molecule has 1 aromatic carbocycles. The molecule has 1 N–H and O–H groups in total. The molecule has 98 valence electrons. The third kappa shape index (κ3) is 2.72. The number of rotatable bonds is 6. The molecule has 18 heavy (non-hydrogen) atoms. The van der Waals surface area contributed by atoms with E-state index in [4.69, 9.17) is 0 Å². The highest BCUT2D eigenvalue weighted by Crippen LogP contribution is 2.22. The summed E-state index contributed by atoms with van der Waals surface area (Å²) >= 11 is 0. The number of nitrogens with one attached hydrogen (secondary N) is 1. The molecular weight excluding hydrogens is 222 g/mol. The standard InChI is InChI=1S/C15H23N3/c1-4-9-16-10-12(2)13(3)18-15-8-6-5-7-14(15)11-17-18/h5-8,11-13,16H,4,9-10H2,1-3H3. The van der Waals surface area contributed by atoms with Crippen molar-refractivity contribution in [2.75, 3.05) is 13.1 Å². The molecule has 3 heteroatoms. The zero-order chi connectivity index (χ0) is 13.0. The van der Waals surface area contributed by atoms with Crippen molar-refractivity contribution in [3.05, 3.63) is 30.5 Å². The van der Waals surface area contributed by atoms with Gasteiger partial charge in [-0.1, -0.05) is 32.0 Å². The summed E-state index contributed by atoms with van der Waals surface area (Å²) in [6.45, 7) is 8.86. The fourth-order valence-corrected chi connectivity index (χ4v) is 2.23. The molecule has 1 aromatic heterocycles. The summed E-state index contributed by atoms with van der Waals surface area (Å²) in [5.41, 5.74) is 1.23. The minimum absolute atomic E-state index is 0.411. The number of hydrogen-bond donors (Lipinski definition) is 1. The Morgan fingerprint density at radius 1 is 1.28 bits per heavy atom. The minimum Gasteiger partial charge on any atom is -0.316 e. The van der Waals surface area contributed by atoms with Crippen LogP contribution in [-0.2, 0) is 0 Å². The van der Waals surface area contributed by atoms with E-state index < -0.39 is 0 Å². The van der Waals surface area contributed by atoms with Crippen molar-refractivity contribution in [1.82, 2.24) is 15.1 Å². The van der Waals surface area contributed by atoms with E-state index in [1.54, 1.807) is 0 Å². The molecule has 0 aliphatic heterocycles. The van der Waals surface area contributed by atoms with Crippen LogP contribution >= 0.6 is 0 Å². The molecule has 2 rings (SSSR count). The van der Waals surface area contributed by atoms with Crippen molar-refractivity contribution < 1.29 is 0 Å². The van der Waals surface area contributed by atoms with E-state index in [-0.39, 0.29) is 0 Å². The Hall–Kier alpha value is -1.35. The van der Waals surface area contributed by atoms with E-state index >= 15 is 0 Å². The number of fused-ring (bicyclic) bond motifs is 1. The first-order valence-electron chi connectivity index (χ1n) is 6.87. The lowest BCUT2D eigenvalue weighted by molar-refractivity contribution is 0.345. The summed E-state index contributed by atoms with van der Waals surface area (Å²) < 4.78 is 2.15. The van der Waals surface area contributed by atoms with Gasteiger partial charge in [-0.3, -0.25) is 4.68 Å². The monoisotopic (exact) mass is 245 g/mol. The van der Waals surface area contributed by atoms with E-state index in [1.807, 2.05) is 6.20 Å². The highest BCUT2D eigenvalue weighted by molar-refractivity contribution is 5.78. The van der Waals surface area contributed by atoms with Gasteiger partial charge in [0.1, 0.15) is 0 Å². The van der Waals surface area contributed by atoms with Crippen molar-refractivity contribution in [3.63, 3.8) is 0 Å². The Bertz CT molecular complexity index is 489. The lowest BCUT2D eigenvalue weighted by Crippen LogP contribution is -2.27. The molecule has 2 aromatic rings. The van der Waals surface area contributed by atoms with Gasteiger partial charge in [0.15, 0.2) is 0 Å². The van der Waals surface area contributed by atoms with Crippen molar-refractivity contribution in [1.29, 1.82) is 0 Å². The summed E-state index contributed by atoms with van der Waals surface area (Å²) in [6.07, 6.45) is 3.14. The van der Waals surface area contributed by atoms with E-state index in [1.165, 1.54) is 17.3 Å². The van der Waals surface area contributed by atoms with Gasteiger partial charge in [0.2, 0.25) is 0 Å². The van der Waals surface area contributed by atoms with E-state index in [2.05, 4.69) is 60.1 Å². The third-order valence-electron chi connectivity index (χ3n) is 3.61. The van der Waals surface area contributed by atoms with Gasteiger partial charge in [0.25, 0.3) is 0 Å². The molecule has 0 bridgehead atoms. The number of aromatic nitrogens is 2. The molecule has 0 aliphatic carbocycles. The molecule has 0 radical (unpaired) electrons. The lowest BCUT2D eigenvalue weighted by atomic mass is 10.0. The number of hydrogen-bond acceptors (Lipinski definition) is 2. The minimum atomic E-state index is 0.411. The average molecular weight is 245 g/mol. The summed E-state index contributed by atoms with van der Waals surface area (Å²) in [5.74, 6) is 0.569. The summed E-state index contributed by atoms with van der Waals surface area (Å²) in [6, 6.07) is 8.81. The van der Waals surface area contributed by atoms with Crippen LogP contribution in [0.5, 0.6) is 0 Å². The normalized spacial score (nSPS) is 14.8. The average Bonchev–Trinajstić information content (AvgIpc) is 2.82. The molecule has 2 atom stereocenters. The lowest BCUT2D eigenvalue weighted by Gasteiger charge is -2.21. The van der Waals surface area contributed by atoms with Crippen LogP contribution in [0.4, 0.5) is 0 Å². The van der Waals surface area contributed by atoms with Crippen LogP contribution < -0.4 is 5.32 Å². The Kier molecular flexibility index (Phi) is 4.37. The maximum atomic E-state index is 4.53. The molecule has 0 saturated heterocycles. The highest BCUT2D eigenvalue weighted by atomic mass is 15.3. The van der Waals surface area contributed by atoms with Crippen molar-refractivity contribution in [2.24, 2.45) is 5.92 Å². The Balaban J connectivity index is 2.10. The second-order valence-electron chi connectivity index (χ2n) is 5.07. The molecule has 1 heterocycles. The van der Waals surface area contributed by atoms with Crippen LogP contribution in [0.1, 0.15) is 33.2 Å². The van der Waals surface area contributed by atoms with Gasteiger partial charge in [-0.25, -0.2) is 0 Å². The molecule has 0 saturated carbocycles. The molecule has 3 nitrogen and oxygen atoms in total. The van der Waals surface area contributed by atoms with E-state index in [0.29, 0.717) is 12.0 Å². The molecular formula is C15H23N3. The highest BCUT2D eigenvalue weighted by Gasteiger charge is 2.16. The molecule has 0 aliphatic rings. The zero-order valence-electron chi connectivity index (χ0n) is 11.6. The first-order chi connectivity index (χ1) is 8.74. The van der Waals surface area contributed by atoms with Gasteiger partial charge >= 0.3 is 0 Å². The van der Waals surface area contributed by atoms with Gasteiger partial charge in [-0.2, -0.15) is 5.10 Å². The molecule has 0 amide bonds. The Morgan fingerprint density at radius 3 is 2.83 bits per heavy atom. The topological polar surface area (TPSA) is 29.9 Å². The zero-order valence-corrected chi connectivity index (χ0v) is 11.6. The fourth-order valence-electron chi connectivity index (χ4n) is 2.23. The number of nitrogens with zero attached hydrogens (tertiary/aromatic N) is 2. The first-order valence-corrected chi connectivity index (χ1v) is 6.87. The number of benzene rings is 1. The predicted octanol–water partition coefficient (Wildman–Crippen LogP) is 3.23. The van der Waals surface area contributed by atoms with Gasteiger partial charge < -0.3 is 5.32 Å². The Morgan fingerprint density at radius 2 is 2.06 bits per heavy atom.